The molecule has 18 heavy (non-hydrogen) atoms. The molecule has 108 valence electrons. The van der Waals surface area contributed by atoms with Gasteiger partial charge in [-0.3, -0.25) is 0 Å². The largest absolute Gasteiger partial charge is 0.370 e. The Balaban J connectivity index is 2.72. The Morgan fingerprint density at radius 3 is 2.28 bits per heavy atom. The molecule has 1 heterocycles. The van der Waals surface area contributed by atoms with Crippen LogP contribution in [0.25, 0.3) is 0 Å². The van der Waals surface area contributed by atoms with Crippen molar-refractivity contribution in [2.45, 2.75) is 63.4 Å². The molecule has 0 aromatic heterocycles. The Kier molecular flexibility index (Phi) is 6.57. The Labute approximate surface area is 111 Å². The Hall–Kier alpha value is -0.160. The molecule has 1 fully saturated rings. The molecule has 0 saturated carbocycles. The van der Waals surface area contributed by atoms with Gasteiger partial charge in [0.15, 0.2) is 0 Å². The zero-order valence-corrected chi connectivity index (χ0v) is 12.3. The van der Waals surface area contributed by atoms with Crippen LogP contribution in [-0.2, 0) is 18.9 Å². The molecule has 1 atom stereocenters. The summed E-state index contributed by atoms with van der Waals surface area (Å²) in [5, 5.41) is 0. The molecule has 0 aliphatic carbocycles. The van der Waals surface area contributed by atoms with E-state index in [1.54, 1.807) is 21.3 Å². The van der Waals surface area contributed by atoms with Gasteiger partial charge in [0.1, 0.15) is 5.60 Å². The third kappa shape index (κ3) is 3.05. The number of hydrogen-bond donors (Lipinski definition) is 0. The molecule has 1 saturated heterocycles. The van der Waals surface area contributed by atoms with Crippen molar-refractivity contribution in [3.63, 3.8) is 0 Å². The minimum atomic E-state index is -1.05. The van der Waals surface area contributed by atoms with Crippen LogP contribution in [0.4, 0.5) is 0 Å². The highest BCUT2D eigenvalue weighted by Gasteiger charge is 2.56. The van der Waals surface area contributed by atoms with E-state index in [-0.39, 0.29) is 0 Å². The first-order valence-electron chi connectivity index (χ1n) is 6.99. The lowest BCUT2D eigenvalue weighted by atomic mass is 9.86. The lowest BCUT2D eigenvalue weighted by molar-refractivity contribution is -0.445. The summed E-state index contributed by atoms with van der Waals surface area (Å²) in [6.45, 7) is 2.87. The lowest BCUT2D eigenvalue weighted by Crippen LogP contribution is -2.62. The first-order valence-corrected chi connectivity index (χ1v) is 6.99. The van der Waals surface area contributed by atoms with Crippen molar-refractivity contribution in [2.75, 3.05) is 27.9 Å². The molecule has 0 aromatic carbocycles. The van der Waals surface area contributed by atoms with Gasteiger partial charge in [-0.05, 0) is 19.3 Å². The van der Waals surface area contributed by atoms with Gasteiger partial charge in [0.2, 0.25) is 0 Å². The van der Waals surface area contributed by atoms with Crippen LogP contribution in [0, 0.1) is 0 Å². The fraction of sp³-hybridized carbons (Fsp3) is 1.00. The molecule has 0 amide bonds. The molecule has 1 aliphatic heterocycles. The van der Waals surface area contributed by atoms with E-state index >= 15 is 0 Å². The van der Waals surface area contributed by atoms with Gasteiger partial charge < -0.3 is 18.9 Å². The van der Waals surface area contributed by atoms with Gasteiger partial charge in [-0.2, -0.15) is 0 Å². The van der Waals surface area contributed by atoms with Crippen LogP contribution in [0.3, 0.4) is 0 Å². The number of ether oxygens (including phenoxy) is 4. The molecule has 4 heteroatoms. The third-order valence-electron chi connectivity index (χ3n) is 3.94. The number of hydrogen-bond acceptors (Lipinski definition) is 4. The smallest absolute Gasteiger partial charge is 0.313 e. The van der Waals surface area contributed by atoms with E-state index in [9.17, 15) is 0 Å². The van der Waals surface area contributed by atoms with Crippen molar-refractivity contribution < 1.29 is 18.9 Å². The maximum atomic E-state index is 5.78. The van der Waals surface area contributed by atoms with Crippen molar-refractivity contribution >= 4 is 0 Å². The number of rotatable bonds is 8. The second-order valence-electron chi connectivity index (χ2n) is 4.93. The second-order valence-corrected chi connectivity index (χ2v) is 4.93. The molecular weight excluding hydrogens is 232 g/mol. The summed E-state index contributed by atoms with van der Waals surface area (Å²) in [6, 6.07) is 0. The average Bonchev–Trinajstić information content (AvgIpc) is 2.44. The topological polar surface area (TPSA) is 36.9 Å². The standard InChI is InChI=1S/C14H28O4/c1-5-6-7-8-10-13(15-2)11-9-12-18-14(13,16-3)17-4/h5-12H2,1-4H3. The molecule has 0 N–H and O–H groups in total. The highest BCUT2D eigenvalue weighted by molar-refractivity contribution is 4.93. The van der Waals surface area contributed by atoms with Gasteiger partial charge in [0, 0.05) is 21.3 Å². The van der Waals surface area contributed by atoms with Gasteiger partial charge in [0.25, 0.3) is 0 Å². The number of unbranched alkanes of at least 4 members (excludes halogenated alkanes) is 3. The zero-order chi connectivity index (χ0) is 13.5. The predicted molar refractivity (Wildman–Crippen MR) is 70.4 cm³/mol. The van der Waals surface area contributed by atoms with Crippen molar-refractivity contribution in [3.8, 4) is 0 Å². The summed E-state index contributed by atoms with van der Waals surface area (Å²) in [7, 11) is 4.96. The minimum absolute atomic E-state index is 0.484. The molecule has 0 aromatic rings. The fourth-order valence-corrected chi connectivity index (χ4v) is 2.87. The molecular formula is C14H28O4. The molecule has 0 bridgehead atoms. The minimum Gasteiger partial charge on any atom is -0.370 e. The van der Waals surface area contributed by atoms with E-state index in [0.717, 1.165) is 25.7 Å². The first-order chi connectivity index (χ1) is 8.70. The maximum Gasteiger partial charge on any atom is 0.313 e. The van der Waals surface area contributed by atoms with Crippen molar-refractivity contribution in [3.05, 3.63) is 0 Å². The first kappa shape index (κ1) is 15.9. The predicted octanol–water partition coefficient (Wildman–Crippen LogP) is 3.10. The summed E-state index contributed by atoms with van der Waals surface area (Å²) < 4.78 is 22.6. The van der Waals surface area contributed by atoms with E-state index in [2.05, 4.69) is 6.92 Å². The molecule has 1 rings (SSSR count). The van der Waals surface area contributed by atoms with Gasteiger partial charge in [0.05, 0.1) is 6.61 Å². The normalized spacial score (nSPS) is 27.3. The van der Waals surface area contributed by atoms with Gasteiger partial charge in [-0.25, -0.2) is 0 Å². The van der Waals surface area contributed by atoms with E-state index in [1.165, 1.54) is 19.3 Å². The van der Waals surface area contributed by atoms with Crippen LogP contribution in [-0.4, -0.2) is 39.5 Å². The second kappa shape index (κ2) is 7.43. The van der Waals surface area contributed by atoms with E-state index in [4.69, 9.17) is 18.9 Å². The Morgan fingerprint density at radius 2 is 1.72 bits per heavy atom. The monoisotopic (exact) mass is 260 g/mol. The van der Waals surface area contributed by atoms with Crippen molar-refractivity contribution in [2.24, 2.45) is 0 Å². The highest BCUT2D eigenvalue weighted by Crippen LogP contribution is 2.42. The van der Waals surface area contributed by atoms with Crippen molar-refractivity contribution in [1.82, 2.24) is 0 Å². The summed E-state index contributed by atoms with van der Waals surface area (Å²) in [5.74, 6) is -1.05. The molecule has 4 nitrogen and oxygen atoms in total. The Bertz CT molecular complexity index is 228. The van der Waals surface area contributed by atoms with Crippen LogP contribution in [0.15, 0.2) is 0 Å². The van der Waals surface area contributed by atoms with Crippen molar-refractivity contribution in [1.29, 1.82) is 0 Å². The molecule has 1 aliphatic rings. The quantitative estimate of drug-likeness (QED) is 0.496. The SMILES string of the molecule is CCCCCCC1(OC)CCCOC1(OC)OC. The fourth-order valence-electron chi connectivity index (χ4n) is 2.87. The lowest BCUT2D eigenvalue weighted by Gasteiger charge is -2.49. The molecule has 0 radical (unpaired) electrons. The molecule has 0 spiro atoms. The third-order valence-corrected chi connectivity index (χ3v) is 3.94. The summed E-state index contributed by atoms with van der Waals surface area (Å²) in [6.07, 6.45) is 7.62. The van der Waals surface area contributed by atoms with Crippen LogP contribution >= 0.6 is 0 Å². The van der Waals surface area contributed by atoms with Crippen LogP contribution in [0.2, 0.25) is 0 Å². The zero-order valence-electron chi connectivity index (χ0n) is 12.3. The highest BCUT2D eigenvalue weighted by atomic mass is 16.9. The van der Waals surface area contributed by atoms with Gasteiger partial charge >= 0.3 is 5.97 Å². The van der Waals surface area contributed by atoms with Crippen LogP contribution < -0.4 is 0 Å². The average molecular weight is 260 g/mol. The van der Waals surface area contributed by atoms with Gasteiger partial charge in [-0.1, -0.05) is 32.6 Å². The van der Waals surface area contributed by atoms with Crippen LogP contribution in [0.1, 0.15) is 51.9 Å². The summed E-state index contributed by atoms with van der Waals surface area (Å²) in [5.41, 5.74) is -0.484. The molecule has 1 unspecified atom stereocenters. The Morgan fingerprint density at radius 1 is 1.00 bits per heavy atom. The van der Waals surface area contributed by atoms with E-state index in [1.807, 2.05) is 0 Å². The van der Waals surface area contributed by atoms with E-state index in [0.29, 0.717) is 6.61 Å². The van der Waals surface area contributed by atoms with E-state index < -0.39 is 11.6 Å². The number of methoxy groups -OCH3 is 3. The summed E-state index contributed by atoms with van der Waals surface area (Å²) in [4.78, 5) is 0. The van der Waals surface area contributed by atoms with Gasteiger partial charge in [-0.15, -0.1) is 0 Å². The maximum absolute atomic E-state index is 5.78. The summed E-state index contributed by atoms with van der Waals surface area (Å²) >= 11 is 0. The van der Waals surface area contributed by atoms with Crippen LogP contribution in [0.5, 0.6) is 0 Å².